The Morgan fingerprint density at radius 2 is 2.00 bits per heavy atom. The molecule has 1 N–H and O–H groups in total. The molecule has 1 aliphatic heterocycles. The topological polar surface area (TPSA) is 67.9 Å². The van der Waals surface area contributed by atoms with Gasteiger partial charge >= 0.3 is 0 Å². The van der Waals surface area contributed by atoms with Crippen molar-refractivity contribution in [2.24, 2.45) is 0 Å². The molecule has 0 unspecified atom stereocenters. The molecule has 0 radical (unpaired) electrons. The molecule has 0 atom stereocenters. The lowest BCUT2D eigenvalue weighted by atomic mass is 10.4. The van der Waals surface area contributed by atoms with Crippen LogP contribution in [0.3, 0.4) is 0 Å². The molecule has 0 aromatic rings. The molecule has 2 amide bonds. The molecular weight excluding hydrogens is 200 g/mol. The molecule has 0 saturated carbocycles. The van der Waals surface area contributed by atoms with E-state index >= 15 is 0 Å². The smallest absolute Gasteiger partial charge is 0.255 e. The number of carbonyl (C=O) groups excluding carboxylic acids is 2. The van der Waals surface area contributed by atoms with Gasteiger partial charge in [-0.15, -0.1) is 0 Å². The van der Waals surface area contributed by atoms with Crippen LogP contribution in [0, 0.1) is 0 Å². The molecule has 0 aromatic heterocycles. The number of hydrogen-bond donors (Lipinski definition) is 1. The minimum absolute atomic E-state index is 0.00378. The number of rotatable bonds is 6. The van der Waals surface area contributed by atoms with E-state index in [0.29, 0.717) is 26.2 Å². The standard InChI is InChI=1S/C9H16N2O4/c1-14-5-3-10-2-4-11-8(12)6-15-7-9(11)13/h10H,2-7H2,1H3. The quantitative estimate of drug-likeness (QED) is 0.437. The van der Waals surface area contributed by atoms with Crippen molar-refractivity contribution in [1.29, 1.82) is 0 Å². The lowest BCUT2D eigenvalue weighted by molar-refractivity contribution is -0.158. The number of nitrogens with one attached hydrogen (secondary N) is 1. The normalized spacial score (nSPS) is 17.3. The number of methoxy groups -OCH3 is 1. The predicted molar refractivity (Wildman–Crippen MR) is 52.3 cm³/mol. The van der Waals surface area contributed by atoms with Gasteiger partial charge in [-0.2, -0.15) is 0 Å². The first kappa shape index (κ1) is 12.1. The van der Waals surface area contributed by atoms with Crippen molar-refractivity contribution in [2.75, 3.05) is 46.6 Å². The van der Waals surface area contributed by atoms with E-state index in [0.717, 1.165) is 0 Å². The summed E-state index contributed by atoms with van der Waals surface area (Å²) in [7, 11) is 1.62. The van der Waals surface area contributed by atoms with E-state index in [1.807, 2.05) is 0 Å². The average Bonchev–Trinajstić information content (AvgIpc) is 2.21. The van der Waals surface area contributed by atoms with Crippen LogP contribution in [0.2, 0.25) is 0 Å². The van der Waals surface area contributed by atoms with Gasteiger partial charge in [-0.3, -0.25) is 14.5 Å². The van der Waals surface area contributed by atoms with Crippen LogP contribution in [0.4, 0.5) is 0 Å². The number of carbonyl (C=O) groups is 2. The van der Waals surface area contributed by atoms with Gasteiger partial charge in [-0.25, -0.2) is 0 Å². The molecule has 1 fully saturated rings. The van der Waals surface area contributed by atoms with Crippen molar-refractivity contribution in [3.63, 3.8) is 0 Å². The summed E-state index contributed by atoms with van der Waals surface area (Å²) in [5, 5.41) is 3.06. The maximum Gasteiger partial charge on any atom is 0.255 e. The zero-order chi connectivity index (χ0) is 11.1. The Kier molecular flexibility index (Phi) is 5.23. The van der Waals surface area contributed by atoms with E-state index in [1.54, 1.807) is 7.11 Å². The predicted octanol–water partition coefficient (Wildman–Crippen LogP) is -1.39. The van der Waals surface area contributed by atoms with E-state index < -0.39 is 0 Å². The summed E-state index contributed by atoms with van der Waals surface area (Å²) in [6, 6.07) is 0. The molecular formula is C9H16N2O4. The highest BCUT2D eigenvalue weighted by Crippen LogP contribution is 1.99. The summed E-state index contributed by atoms with van der Waals surface area (Å²) in [5.74, 6) is -0.528. The van der Waals surface area contributed by atoms with Crippen LogP contribution >= 0.6 is 0 Å². The number of ether oxygens (including phenoxy) is 2. The van der Waals surface area contributed by atoms with Crippen LogP contribution in [0.15, 0.2) is 0 Å². The van der Waals surface area contributed by atoms with E-state index in [9.17, 15) is 9.59 Å². The largest absolute Gasteiger partial charge is 0.383 e. The molecule has 1 saturated heterocycles. The van der Waals surface area contributed by atoms with Gasteiger partial charge in [0.05, 0.1) is 6.61 Å². The third-order valence-corrected chi connectivity index (χ3v) is 2.05. The van der Waals surface area contributed by atoms with Crippen molar-refractivity contribution < 1.29 is 19.1 Å². The molecule has 1 rings (SSSR count). The fourth-order valence-electron chi connectivity index (χ4n) is 1.26. The fraction of sp³-hybridized carbons (Fsp3) is 0.778. The van der Waals surface area contributed by atoms with Gasteiger partial charge in [0.1, 0.15) is 13.2 Å². The lowest BCUT2D eigenvalue weighted by Crippen LogP contribution is -2.48. The van der Waals surface area contributed by atoms with Crippen molar-refractivity contribution >= 4 is 11.8 Å². The molecule has 6 heteroatoms. The summed E-state index contributed by atoms with van der Waals surface area (Å²) in [6.07, 6.45) is 0. The molecule has 0 bridgehead atoms. The monoisotopic (exact) mass is 216 g/mol. The van der Waals surface area contributed by atoms with Gasteiger partial charge in [0, 0.05) is 26.7 Å². The van der Waals surface area contributed by atoms with Crippen LogP contribution in [0.1, 0.15) is 0 Å². The molecule has 1 heterocycles. The van der Waals surface area contributed by atoms with Gasteiger partial charge in [0.15, 0.2) is 0 Å². The second-order valence-electron chi connectivity index (χ2n) is 3.17. The number of imide groups is 1. The first-order valence-corrected chi connectivity index (χ1v) is 4.86. The molecule has 0 aromatic carbocycles. The second kappa shape index (κ2) is 6.49. The summed E-state index contributed by atoms with van der Waals surface area (Å²) >= 11 is 0. The molecule has 0 aliphatic carbocycles. The zero-order valence-corrected chi connectivity index (χ0v) is 8.82. The summed E-state index contributed by atoms with van der Waals surface area (Å²) in [5.41, 5.74) is 0. The van der Waals surface area contributed by atoms with Crippen LogP contribution < -0.4 is 5.32 Å². The minimum Gasteiger partial charge on any atom is -0.383 e. The van der Waals surface area contributed by atoms with Gasteiger partial charge in [-0.05, 0) is 0 Å². The van der Waals surface area contributed by atoms with Crippen LogP contribution in [0.25, 0.3) is 0 Å². The highest BCUT2D eigenvalue weighted by atomic mass is 16.5. The average molecular weight is 216 g/mol. The van der Waals surface area contributed by atoms with E-state index in [2.05, 4.69) is 5.32 Å². The number of hydrogen-bond acceptors (Lipinski definition) is 5. The molecule has 86 valence electrons. The Morgan fingerprint density at radius 1 is 1.33 bits per heavy atom. The van der Waals surface area contributed by atoms with Crippen molar-refractivity contribution in [3.05, 3.63) is 0 Å². The number of amides is 2. The van der Waals surface area contributed by atoms with Crippen LogP contribution in [-0.4, -0.2) is 63.3 Å². The van der Waals surface area contributed by atoms with Gasteiger partial charge in [0.25, 0.3) is 11.8 Å². The van der Waals surface area contributed by atoms with Gasteiger partial charge < -0.3 is 14.8 Å². The molecule has 6 nitrogen and oxygen atoms in total. The first-order valence-electron chi connectivity index (χ1n) is 4.86. The zero-order valence-electron chi connectivity index (χ0n) is 8.82. The molecule has 0 spiro atoms. The van der Waals surface area contributed by atoms with E-state index in [4.69, 9.17) is 9.47 Å². The number of morpholine rings is 1. The van der Waals surface area contributed by atoms with Crippen LogP contribution in [0.5, 0.6) is 0 Å². The van der Waals surface area contributed by atoms with Gasteiger partial charge in [-0.1, -0.05) is 0 Å². The number of nitrogens with zero attached hydrogens (tertiary/aromatic N) is 1. The second-order valence-corrected chi connectivity index (χ2v) is 3.17. The Labute approximate surface area is 88.5 Å². The maximum absolute atomic E-state index is 11.3. The molecule has 15 heavy (non-hydrogen) atoms. The summed E-state index contributed by atoms with van der Waals surface area (Å²) in [6.45, 7) is 2.31. The summed E-state index contributed by atoms with van der Waals surface area (Å²) < 4.78 is 9.63. The van der Waals surface area contributed by atoms with Crippen molar-refractivity contribution in [1.82, 2.24) is 10.2 Å². The highest BCUT2D eigenvalue weighted by molar-refractivity contribution is 5.98. The van der Waals surface area contributed by atoms with Crippen molar-refractivity contribution in [2.45, 2.75) is 0 Å². The lowest BCUT2D eigenvalue weighted by Gasteiger charge is -2.24. The third-order valence-electron chi connectivity index (χ3n) is 2.05. The SMILES string of the molecule is COCCNCCN1C(=O)COCC1=O. The fourth-order valence-corrected chi connectivity index (χ4v) is 1.26. The maximum atomic E-state index is 11.3. The Morgan fingerprint density at radius 3 is 2.60 bits per heavy atom. The Bertz CT molecular complexity index is 216. The van der Waals surface area contributed by atoms with Crippen LogP contribution in [-0.2, 0) is 19.1 Å². The minimum atomic E-state index is -0.264. The highest BCUT2D eigenvalue weighted by Gasteiger charge is 2.25. The Balaban J connectivity index is 2.18. The van der Waals surface area contributed by atoms with Crippen molar-refractivity contribution in [3.8, 4) is 0 Å². The molecule has 1 aliphatic rings. The van der Waals surface area contributed by atoms with E-state index in [-0.39, 0.29) is 25.0 Å². The third kappa shape index (κ3) is 3.94. The van der Waals surface area contributed by atoms with Gasteiger partial charge in [0.2, 0.25) is 0 Å². The van der Waals surface area contributed by atoms with E-state index in [1.165, 1.54) is 4.90 Å². The first-order chi connectivity index (χ1) is 7.25. The summed E-state index contributed by atoms with van der Waals surface area (Å²) in [4.78, 5) is 23.7. The Hall–Kier alpha value is -0.980.